The first-order valence-electron chi connectivity index (χ1n) is 9.79. The topological polar surface area (TPSA) is 35.6 Å². The van der Waals surface area contributed by atoms with Crippen molar-refractivity contribution >= 4 is 11.6 Å². The molecule has 1 N–H and O–H groups in total. The normalized spacial score (nSPS) is 16.0. The zero-order valence-electron chi connectivity index (χ0n) is 16.7. The van der Waals surface area contributed by atoms with Crippen LogP contribution in [-0.4, -0.2) is 48.4 Å². The molecule has 0 aliphatic carbocycles. The maximum absolute atomic E-state index is 13.7. The summed E-state index contributed by atoms with van der Waals surface area (Å²) in [6.07, 6.45) is -4.51. The Morgan fingerprint density at radius 3 is 2.21 bits per heavy atom. The van der Waals surface area contributed by atoms with Crippen LogP contribution in [0.5, 0.6) is 0 Å². The Bertz CT molecular complexity index is 841. The van der Waals surface area contributed by atoms with Gasteiger partial charge in [0, 0.05) is 44.0 Å². The number of hydrogen-bond acceptors (Lipinski definition) is 3. The van der Waals surface area contributed by atoms with E-state index in [1.165, 1.54) is 12.1 Å². The Balaban J connectivity index is 1.77. The molecule has 1 heterocycles. The molecule has 1 aliphatic heterocycles. The smallest absolute Gasteiger partial charge is 0.322 e. The van der Waals surface area contributed by atoms with Gasteiger partial charge >= 0.3 is 6.18 Å². The molecule has 29 heavy (non-hydrogen) atoms. The molecule has 0 spiro atoms. The number of benzene rings is 2. The van der Waals surface area contributed by atoms with Gasteiger partial charge < -0.3 is 10.2 Å². The van der Waals surface area contributed by atoms with E-state index in [0.717, 1.165) is 44.4 Å². The maximum Gasteiger partial charge on any atom is 0.416 e. The van der Waals surface area contributed by atoms with Gasteiger partial charge in [-0.25, -0.2) is 0 Å². The Labute approximate surface area is 169 Å². The Kier molecular flexibility index (Phi) is 6.59. The van der Waals surface area contributed by atoms with Crippen molar-refractivity contribution in [3.05, 3.63) is 64.7 Å². The highest BCUT2D eigenvalue weighted by Gasteiger charge is 2.34. The highest BCUT2D eigenvalue weighted by atomic mass is 19.4. The van der Waals surface area contributed by atoms with Gasteiger partial charge in [-0.15, -0.1) is 0 Å². The molecular weight excluding hydrogens is 379 g/mol. The number of carbonyl (C=O) groups is 1. The number of halogens is 3. The molecule has 0 saturated carbocycles. The monoisotopic (exact) mass is 405 g/mol. The fourth-order valence-electron chi connectivity index (χ4n) is 3.46. The first-order chi connectivity index (χ1) is 13.8. The molecular formula is C22H26F3N3O. The lowest BCUT2D eigenvalue weighted by atomic mass is 10.0. The lowest BCUT2D eigenvalue weighted by Crippen LogP contribution is -2.45. The van der Waals surface area contributed by atoms with Crippen LogP contribution in [0.4, 0.5) is 18.9 Å². The van der Waals surface area contributed by atoms with Crippen molar-refractivity contribution in [3.63, 3.8) is 0 Å². The van der Waals surface area contributed by atoms with Gasteiger partial charge in [0.2, 0.25) is 0 Å². The average molecular weight is 405 g/mol. The molecule has 1 saturated heterocycles. The number of rotatable bonds is 5. The van der Waals surface area contributed by atoms with Gasteiger partial charge in [-0.3, -0.25) is 9.69 Å². The number of anilines is 1. The van der Waals surface area contributed by atoms with Crippen molar-refractivity contribution in [2.24, 2.45) is 0 Å². The molecule has 0 bridgehead atoms. The van der Waals surface area contributed by atoms with E-state index in [9.17, 15) is 18.0 Å². The molecule has 0 atom stereocenters. The van der Waals surface area contributed by atoms with E-state index in [1.54, 1.807) is 12.1 Å². The molecule has 7 heteroatoms. The summed E-state index contributed by atoms with van der Waals surface area (Å²) in [5, 5.41) is 2.65. The van der Waals surface area contributed by atoms with E-state index in [0.29, 0.717) is 5.69 Å². The van der Waals surface area contributed by atoms with Crippen molar-refractivity contribution in [1.29, 1.82) is 0 Å². The minimum atomic E-state index is -4.51. The molecule has 1 aliphatic rings. The van der Waals surface area contributed by atoms with Crippen LogP contribution in [0.2, 0.25) is 0 Å². The van der Waals surface area contributed by atoms with Gasteiger partial charge in [0.1, 0.15) is 0 Å². The number of aryl methyl sites for hydroxylation is 1. The van der Waals surface area contributed by atoms with Gasteiger partial charge in [-0.1, -0.05) is 30.7 Å². The lowest BCUT2D eigenvalue weighted by molar-refractivity contribution is -0.138. The number of carbonyl (C=O) groups excluding carboxylic acids is 1. The highest BCUT2D eigenvalue weighted by Crippen LogP contribution is 2.33. The Hall–Kier alpha value is -2.38. The fraction of sp³-hybridized carbons (Fsp3) is 0.409. The number of hydrogen-bond donors (Lipinski definition) is 1. The van der Waals surface area contributed by atoms with Gasteiger partial charge in [-0.2, -0.15) is 13.2 Å². The van der Waals surface area contributed by atoms with Crippen LogP contribution in [0.15, 0.2) is 42.5 Å². The zero-order chi connectivity index (χ0) is 21.0. The van der Waals surface area contributed by atoms with E-state index < -0.39 is 17.6 Å². The van der Waals surface area contributed by atoms with Crippen LogP contribution in [0.1, 0.15) is 34.0 Å². The summed E-state index contributed by atoms with van der Waals surface area (Å²) in [6.45, 7) is 8.36. The number of nitrogens with zero attached hydrogens (tertiary/aromatic N) is 2. The fourth-order valence-corrected chi connectivity index (χ4v) is 3.46. The van der Waals surface area contributed by atoms with Crippen LogP contribution in [-0.2, 0) is 12.7 Å². The largest absolute Gasteiger partial charge is 0.416 e. The van der Waals surface area contributed by atoms with Crippen molar-refractivity contribution in [3.8, 4) is 0 Å². The SMILES string of the molecule is CCN1CCN(Cc2ccc(C(=O)Nc3ccc(C)cc3)cc2C(F)(F)F)CC1. The molecule has 1 fully saturated rings. The van der Waals surface area contributed by atoms with E-state index in [1.807, 2.05) is 24.0 Å². The van der Waals surface area contributed by atoms with Crippen molar-refractivity contribution in [2.75, 3.05) is 38.0 Å². The predicted molar refractivity (Wildman–Crippen MR) is 108 cm³/mol. The summed E-state index contributed by atoms with van der Waals surface area (Å²) < 4.78 is 41.0. The summed E-state index contributed by atoms with van der Waals surface area (Å²) in [5.74, 6) is -0.553. The number of piperazine rings is 1. The van der Waals surface area contributed by atoms with E-state index >= 15 is 0 Å². The molecule has 2 aromatic rings. The predicted octanol–water partition coefficient (Wildman–Crippen LogP) is 4.40. The number of alkyl halides is 3. The standard InChI is InChI=1S/C22H26F3N3O/c1-3-27-10-12-28(13-11-27)15-18-7-6-17(14-20(18)22(23,24)25)21(29)26-19-8-4-16(2)5-9-19/h4-9,14H,3,10-13,15H2,1-2H3,(H,26,29). The Morgan fingerprint density at radius 1 is 1.00 bits per heavy atom. The second-order valence-electron chi connectivity index (χ2n) is 7.40. The summed E-state index contributed by atoms with van der Waals surface area (Å²) in [4.78, 5) is 16.8. The third-order valence-corrected chi connectivity index (χ3v) is 5.29. The van der Waals surface area contributed by atoms with Crippen molar-refractivity contribution < 1.29 is 18.0 Å². The first-order valence-corrected chi connectivity index (χ1v) is 9.79. The number of nitrogens with one attached hydrogen (secondary N) is 1. The van der Waals surface area contributed by atoms with Crippen molar-refractivity contribution in [2.45, 2.75) is 26.6 Å². The van der Waals surface area contributed by atoms with Gasteiger partial charge in [0.25, 0.3) is 5.91 Å². The maximum atomic E-state index is 13.7. The second-order valence-corrected chi connectivity index (χ2v) is 7.40. The van der Waals surface area contributed by atoms with Crippen molar-refractivity contribution in [1.82, 2.24) is 9.80 Å². The highest BCUT2D eigenvalue weighted by molar-refractivity contribution is 6.04. The van der Waals surface area contributed by atoms with Crippen LogP contribution in [0, 0.1) is 6.92 Å². The first kappa shape index (κ1) is 21.3. The zero-order valence-corrected chi connectivity index (χ0v) is 16.7. The molecule has 2 aromatic carbocycles. The van der Waals surface area contributed by atoms with Gasteiger partial charge in [0.05, 0.1) is 5.56 Å². The molecule has 0 radical (unpaired) electrons. The summed E-state index contributed by atoms with van der Waals surface area (Å²) in [6, 6.07) is 11.0. The minimum absolute atomic E-state index is 0.00236. The van der Waals surface area contributed by atoms with Crippen LogP contribution < -0.4 is 5.32 Å². The quantitative estimate of drug-likeness (QED) is 0.801. The number of likely N-dealkylation sites (N-methyl/N-ethyl adjacent to an activating group) is 1. The third-order valence-electron chi connectivity index (χ3n) is 5.29. The molecule has 4 nitrogen and oxygen atoms in total. The summed E-state index contributed by atoms with van der Waals surface area (Å²) >= 11 is 0. The van der Waals surface area contributed by atoms with Crippen LogP contribution in [0.25, 0.3) is 0 Å². The van der Waals surface area contributed by atoms with Gasteiger partial charge in [-0.05, 0) is 43.3 Å². The second kappa shape index (κ2) is 8.97. The summed E-state index contributed by atoms with van der Waals surface area (Å²) in [7, 11) is 0. The Morgan fingerprint density at radius 2 is 1.62 bits per heavy atom. The minimum Gasteiger partial charge on any atom is -0.322 e. The molecule has 0 aromatic heterocycles. The summed E-state index contributed by atoms with van der Waals surface area (Å²) in [5.41, 5.74) is 1.04. The molecule has 1 amide bonds. The van der Waals surface area contributed by atoms with Crippen LogP contribution >= 0.6 is 0 Å². The average Bonchev–Trinajstić information content (AvgIpc) is 2.69. The number of amides is 1. The van der Waals surface area contributed by atoms with E-state index in [2.05, 4.69) is 17.1 Å². The van der Waals surface area contributed by atoms with Crippen LogP contribution in [0.3, 0.4) is 0 Å². The lowest BCUT2D eigenvalue weighted by Gasteiger charge is -2.34. The van der Waals surface area contributed by atoms with Gasteiger partial charge in [0.15, 0.2) is 0 Å². The van der Waals surface area contributed by atoms with E-state index in [-0.39, 0.29) is 17.7 Å². The molecule has 0 unspecified atom stereocenters. The third kappa shape index (κ3) is 5.58. The molecule has 156 valence electrons. The van der Waals surface area contributed by atoms with E-state index in [4.69, 9.17) is 0 Å². The molecule has 3 rings (SSSR count).